The summed E-state index contributed by atoms with van der Waals surface area (Å²) in [5.74, 6) is 2.18. The maximum Gasteiger partial charge on any atom is 0.150 e. The molecule has 0 aliphatic carbocycles. The topological polar surface area (TPSA) is 43.4 Å². The van der Waals surface area contributed by atoms with E-state index in [-0.39, 0.29) is 0 Å². The van der Waals surface area contributed by atoms with Gasteiger partial charge in [0.15, 0.2) is 0 Å². The van der Waals surface area contributed by atoms with Crippen LogP contribution in [-0.2, 0) is 6.54 Å². The largest absolute Gasteiger partial charge is 0.496 e. The Hall–Kier alpha value is -1.11. The Bertz CT molecular complexity index is 621. The molecule has 0 bridgehead atoms. The average molecular weight is 416 g/mol. The smallest absolute Gasteiger partial charge is 0.150 e. The van der Waals surface area contributed by atoms with Gasteiger partial charge in [0.1, 0.15) is 17.2 Å². The van der Waals surface area contributed by atoms with Gasteiger partial charge in [-0.05, 0) is 56.6 Å². The summed E-state index contributed by atoms with van der Waals surface area (Å²) in [6, 6.07) is 5.68. The highest BCUT2D eigenvalue weighted by Crippen LogP contribution is 2.38. The van der Waals surface area contributed by atoms with E-state index in [1.807, 2.05) is 18.2 Å². The van der Waals surface area contributed by atoms with Gasteiger partial charge in [-0.1, -0.05) is 6.92 Å². The fourth-order valence-electron chi connectivity index (χ4n) is 1.77. The first-order valence-electron chi connectivity index (χ1n) is 6.50. The zero-order valence-electron chi connectivity index (χ0n) is 11.8. The number of nitrogens with one attached hydrogen (secondary N) is 1. The van der Waals surface area contributed by atoms with Gasteiger partial charge in [0.25, 0.3) is 0 Å². The maximum absolute atomic E-state index is 5.98. The van der Waals surface area contributed by atoms with Crippen molar-refractivity contribution in [1.82, 2.24) is 10.3 Å². The Kier molecular flexibility index (Phi) is 6.02. The molecule has 0 aliphatic rings. The third kappa shape index (κ3) is 4.18. The molecule has 21 heavy (non-hydrogen) atoms. The SMILES string of the molecule is CCNCc1ccncc1Oc1cc(Br)c(OC)cc1Br. The molecule has 1 aromatic carbocycles. The number of nitrogens with zero attached hydrogens (tertiary/aromatic N) is 1. The molecule has 4 nitrogen and oxygen atoms in total. The average Bonchev–Trinajstić information content (AvgIpc) is 2.49. The Labute approximate surface area is 141 Å². The van der Waals surface area contributed by atoms with E-state index in [1.165, 1.54) is 0 Å². The predicted molar refractivity (Wildman–Crippen MR) is 90.1 cm³/mol. The van der Waals surface area contributed by atoms with Crippen molar-refractivity contribution in [3.63, 3.8) is 0 Å². The summed E-state index contributed by atoms with van der Waals surface area (Å²) in [6.45, 7) is 3.71. The minimum atomic E-state index is 0.702. The van der Waals surface area contributed by atoms with Crippen LogP contribution in [0.2, 0.25) is 0 Å². The van der Waals surface area contributed by atoms with E-state index in [1.54, 1.807) is 19.5 Å². The third-order valence-electron chi connectivity index (χ3n) is 2.86. The zero-order chi connectivity index (χ0) is 15.2. The second-order valence-corrected chi connectivity index (χ2v) is 5.99. The van der Waals surface area contributed by atoms with Crippen molar-refractivity contribution in [3.05, 3.63) is 45.1 Å². The van der Waals surface area contributed by atoms with E-state index in [0.717, 1.165) is 39.1 Å². The van der Waals surface area contributed by atoms with E-state index >= 15 is 0 Å². The van der Waals surface area contributed by atoms with Gasteiger partial charge in [0.05, 0.1) is 22.3 Å². The second kappa shape index (κ2) is 7.77. The third-order valence-corrected chi connectivity index (χ3v) is 4.10. The molecule has 1 N–H and O–H groups in total. The zero-order valence-corrected chi connectivity index (χ0v) is 15.0. The molecular formula is C15H16Br2N2O2. The Morgan fingerprint density at radius 3 is 2.57 bits per heavy atom. The number of halogens is 2. The lowest BCUT2D eigenvalue weighted by Crippen LogP contribution is -2.12. The van der Waals surface area contributed by atoms with Crippen LogP contribution in [0.3, 0.4) is 0 Å². The molecule has 1 aromatic heterocycles. The van der Waals surface area contributed by atoms with Gasteiger partial charge in [0.2, 0.25) is 0 Å². The van der Waals surface area contributed by atoms with Gasteiger partial charge in [-0.25, -0.2) is 0 Å². The molecule has 0 unspecified atom stereocenters. The van der Waals surface area contributed by atoms with Crippen LogP contribution in [0.15, 0.2) is 39.5 Å². The van der Waals surface area contributed by atoms with Gasteiger partial charge in [-0.2, -0.15) is 0 Å². The van der Waals surface area contributed by atoms with Crippen molar-refractivity contribution in [1.29, 1.82) is 0 Å². The molecule has 0 radical (unpaired) electrons. The minimum absolute atomic E-state index is 0.702. The van der Waals surface area contributed by atoms with Crippen LogP contribution < -0.4 is 14.8 Å². The highest BCUT2D eigenvalue weighted by molar-refractivity contribution is 9.11. The Balaban J connectivity index is 2.28. The molecule has 0 spiro atoms. The number of ether oxygens (including phenoxy) is 2. The minimum Gasteiger partial charge on any atom is -0.496 e. The summed E-state index contributed by atoms with van der Waals surface area (Å²) in [6.07, 6.45) is 3.48. The van der Waals surface area contributed by atoms with Crippen molar-refractivity contribution in [3.8, 4) is 17.2 Å². The van der Waals surface area contributed by atoms with E-state index in [4.69, 9.17) is 9.47 Å². The van der Waals surface area contributed by atoms with Crippen LogP contribution in [0.25, 0.3) is 0 Å². The van der Waals surface area contributed by atoms with Crippen LogP contribution in [0.1, 0.15) is 12.5 Å². The number of benzene rings is 1. The molecule has 2 rings (SSSR count). The molecule has 1 heterocycles. The first kappa shape index (κ1) is 16.3. The van der Waals surface area contributed by atoms with Gasteiger partial charge in [0, 0.05) is 18.3 Å². The second-order valence-electron chi connectivity index (χ2n) is 4.28. The molecule has 112 valence electrons. The molecular weight excluding hydrogens is 400 g/mol. The summed E-state index contributed by atoms with van der Waals surface area (Å²) in [5, 5.41) is 3.29. The lowest BCUT2D eigenvalue weighted by atomic mass is 10.2. The number of aromatic nitrogens is 1. The number of rotatable bonds is 6. The van der Waals surface area contributed by atoms with Gasteiger partial charge in [-0.3, -0.25) is 4.98 Å². The summed E-state index contributed by atoms with van der Waals surface area (Å²) < 4.78 is 12.9. The highest BCUT2D eigenvalue weighted by Gasteiger charge is 2.11. The molecule has 0 saturated heterocycles. The van der Waals surface area contributed by atoms with E-state index in [0.29, 0.717) is 5.75 Å². The Morgan fingerprint density at radius 2 is 1.86 bits per heavy atom. The van der Waals surface area contributed by atoms with Crippen LogP contribution >= 0.6 is 31.9 Å². The molecule has 0 fully saturated rings. The van der Waals surface area contributed by atoms with E-state index in [9.17, 15) is 0 Å². The van der Waals surface area contributed by atoms with Crippen molar-refractivity contribution in [2.45, 2.75) is 13.5 Å². The Morgan fingerprint density at radius 1 is 1.14 bits per heavy atom. The number of methoxy groups -OCH3 is 1. The number of hydrogen-bond donors (Lipinski definition) is 1. The maximum atomic E-state index is 5.98. The monoisotopic (exact) mass is 414 g/mol. The summed E-state index contributed by atoms with van der Waals surface area (Å²) in [4.78, 5) is 4.13. The highest BCUT2D eigenvalue weighted by atomic mass is 79.9. The van der Waals surface area contributed by atoms with E-state index < -0.39 is 0 Å². The van der Waals surface area contributed by atoms with E-state index in [2.05, 4.69) is 49.1 Å². The fourth-order valence-corrected chi connectivity index (χ4v) is 2.66. The molecule has 6 heteroatoms. The van der Waals surface area contributed by atoms with Crippen LogP contribution in [0, 0.1) is 0 Å². The van der Waals surface area contributed by atoms with Crippen molar-refractivity contribution >= 4 is 31.9 Å². The van der Waals surface area contributed by atoms with Crippen LogP contribution in [0.4, 0.5) is 0 Å². The standard InChI is InChI=1S/C15H16Br2N2O2/c1-3-18-8-10-4-5-19-9-15(10)21-14-7-11(16)13(20-2)6-12(14)17/h4-7,9,18H,3,8H2,1-2H3. The molecule has 0 aliphatic heterocycles. The quantitative estimate of drug-likeness (QED) is 0.753. The first-order valence-corrected chi connectivity index (χ1v) is 8.08. The van der Waals surface area contributed by atoms with Crippen molar-refractivity contribution < 1.29 is 9.47 Å². The lowest BCUT2D eigenvalue weighted by Gasteiger charge is -2.13. The van der Waals surface area contributed by atoms with Crippen LogP contribution in [-0.4, -0.2) is 18.6 Å². The predicted octanol–water partition coefficient (Wildman–Crippen LogP) is 4.52. The van der Waals surface area contributed by atoms with Crippen LogP contribution in [0.5, 0.6) is 17.2 Å². The summed E-state index contributed by atoms with van der Waals surface area (Å²) in [5.41, 5.74) is 1.06. The molecule has 0 atom stereocenters. The van der Waals surface area contributed by atoms with Crippen molar-refractivity contribution in [2.24, 2.45) is 0 Å². The van der Waals surface area contributed by atoms with Gasteiger partial charge < -0.3 is 14.8 Å². The molecule has 0 saturated carbocycles. The number of hydrogen-bond acceptors (Lipinski definition) is 4. The summed E-state index contributed by atoms with van der Waals surface area (Å²) >= 11 is 6.96. The lowest BCUT2D eigenvalue weighted by molar-refractivity contribution is 0.409. The first-order chi connectivity index (χ1) is 10.2. The normalized spacial score (nSPS) is 10.5. The number of pyridine rings is 1. The van der Waals surface area contributed by atoms with Crippen molar-refractivity contribution in [2.75, 3.05) is 13.7 Å². The fraction of sp³-hybridized carbons (Fsp3) is 0.267. The van der Waals surface area contributed by atoms with Gasteiger partial charge in [-0.15, -0.1) is 0 Å². The molecule has 0 amide bonds. The molecule has 2 aromatic rings. The summed E-state index contributed by atoms with van der Waals surface area (Å²) in [7, 11) is 1.63. The van der Waals surface area contributed by atoms with Gasteiger partial charge >= 0.3 is 0 Å².